The average Bonchev–Trinajstić information content (AvgIpc) is 2.58. The molecule has 1 fully saturated rings. The number of carbonyl (C=O) groups excluding carboxylic acids is 1. The van der Waals surface area contributed by atoms with Gasteiger partial charge < -0.3 is 4.18 Å². The van der Waals surface area contributed by atoms with Crippen molar-refractivity contribution in [1.29, 1.82) is 0 Å². The maximum absolute atomic E-state index is 12.2. The smallest absolute Gasteiger partial charge is 0.321 e. The van der Waals surface area contributed by atoms with Crippen molar-refractivity contribution in [3.8, 4) is 0 Å². The third kappa shape index (κ3) is 6.39. The van der Waals surface area contributed by atoms with E-state index in [0.29, 0.717) is 5.02 Å². The van der Waals surface area contributed by atoms with Gasteiger partial charge in [-0.15, -0.1) is 0 Å². The molecule has 0 unspecified atom stereocenters. The van der Waals surface area contributed by atoms with E-state index in [1.54, 1.807) is 0 Å². The summed E-state index contributed by atoms with van der Waals surface area (Å²) in [5.74, 6) is 0.795. The standard InChI is InChI=1S/C19H27ClO2S/c1-2-3-4-5-8-15-11-13-16(14-12-15)19(21)22-23-18-10-7-6-9-17(18)20/h6-7,9-10,15-16H,2-5,8,11-14H2,1H3. The highest BCUT2D eigenvalue weighted by atomic mass is 35.5. The molecule has 1 aliphatic carbocycles. The molecule has 0 amide bonds. The van der Waals surface area contributed by atoms with Gasteiger partial charge in [0.1, 0.15) is 0 Å². The van der Waals surface area contributed by atoms with E-state index in [9.17, 15) is 4.79 Å². The van der Waals surface area contributed by atoms with Crippen LogP contribution in [0.4, 0.5) is 0 Å². The van der Waals surface area contributed by atoms with Crippen LogP contribution in [0.15, 0.2) is 29.2 Å². The predicted octanol–water partition coefficient (Wildman–Crippen LogP) is 6.67. The zero-order valence-corrected chi connectivity index (χ0v) is 15.5. The van der Waals surface area contributed by atoms with E-state index in [1.807, 2.05) is 24.3 Å². The molecule has 0 aliphatic heterocycles. The average molecular weight is 355 g/mol. The first-order valence-corrected chi connectivity index (χ1v) is 9.95. The Morgan fingerprint density at radius 3 is 2.61 bits per heavy atom. The molecule has 2 nitrogen and oxygen atoms in total. The van der Waals surface area contributed by atoms with Gasteiger partial charge in [0.15, 0.2) is 0 Å². The summed E-state index contributed by atoms with van der Waals surface area (Å²) in [7, 11) is 0. The Morgan fingerprint density at radius 1 is 1.17 bits per heavy atom. The Hall–Kier alpha value is -0.670. The van der Waals surface area contributed by atoms with Crippen LogP contribution in [0.1, 0.15) is 64.7 Å². The van der Waals surface area contributed by atoms with Crippen molar-refractivity contribution in [2.45, 2.75) is 69.6 Å². The second-order valence-electron chi connectivity index (χ2n) is 6.48. The lowest BCUT2D eigenvalue weighted by molar-refractivity contribution is -0.138. The van der Waals surface area contributed by atoms with Crippen molar-refractivity contribution in [2.75, 3.05) is 0 Å². The number of rotatable bonds is 8. The molecule has 23 heavy (non-hydrogen) atoms. The van der Waals surface area contributed by atoms with Crippen molar-refractivity contribution < 1.29 is 8.98 Å². The summed E-state index contributed by atoms with van der Waals surface area (Å²) in [6.45, 7) is 2.25. The van der Waals surface area contributed by atoms with Crippen molar-refractivity contribution in [3.05, 3.63) is 29.3 Å². The molecule has 0 N–H and O–H groups in total. The first-order chi connectivity index (χ1) is 11.2. The third-order valence-corrected chi connectivity index (χ3v) is 5.92. The van der Waals surface area contributed by atoms with Gasteiger partial charge >= 0.3 is 5.97 Å². The quantitative estimate of drug-likeness (QED) is 0.385. The Bertz CT molecular complexity index is 484. The molecule has 0 spiro atoms. The monoisotopic (exact) mass is 354 g/mol. The molecule has 4 heteroatoms. The Labute approximate surface area is 149 Å². The van der Waals surface area contributed by atoms with Crippen LogP contribution in [0.3, 0.4) is 0 Å². The fourth-order valence-electron chi connectivity index (χ4n) is 3.21. The Balaban J connectivity index is 1.66. The molecule has 128 valence electrons. The number of halogens is 1. The SMILES string of the molecule is CCCCCCC1CCC(C(=O)OSc2ccccc2Cl)CC1. The highest BCUT2D eigenvalue weighted by Gasteiger charge is 2.27. The summed E-state index contributed by atoms with van der Waals surface area (Å²) >= 11 is 7.16. The highest BCUT2D eigenvalue weighted by Crippen LogP contribution is 2.35. The van der Waals surface area contributed by atoms with Gasteiger partial charge in [-0.25, -0.2) is 0 Å². The lowest BCUT2D eigenvalue weighted by Crippen LogP contribution is -2.22. The van der Waals surface area contributed by atoms with Crippen LogP contribution in [0.5, 0.6) is 0 Å². The van der Waals surface area contributed by atoms with E-state index < -0.39 is 0 Å². The van der Waals surface area contributed by atoms with E-state index in [4.69, 9.17) is 15.8 Å². The van der Waals surface area contributed by atoms with Gasteiger partial charge in [0.25, 0.3) is 0 Å². The fraction of sp³-hybridized carbons (Fsp3) is 0.632. The van der Waals surface area contributed by atoms with Crippen LogP contribution >= 0.6 is 23.6 Å². The van der Waals surface area contributed by atoms with Crippen LogP contribution in [0.2, 0.25) is 5.02 Å². The molecule has 1 aromatic carbocycles. The fourth-order valence-corrected chi connectivity index (χ4v) is 4.03. The first kappa shape index (κ1) is 18.7. The first-order valence-electron chi connectivity index (χ1n) is 8.83. The molecular weight excluding hydrogens is 328 g/mol. The maximum Gasteiger partial charge on any atom is 0.321 e. The number of hydrogen-bond donors (Lipinski definition) is 0. The summed E-state index contributed by atoms with van der Waals surface area (Å²) < 4.78 is 5.39. The number of hydrogen-bond acceptors (Lipinski definition) is 3. The van der Waals surface area contributed by atoms with E-state index in [0.717, 1.165) is 35.7 Å². The normalized spacial score (nSPS) is 21.1. The zero-order chi connectivity index (χ0) is 16.5. The minimum Gasteiger partial charge on any atom is -0.386 e. The van der Waals surface area contributed by atoms with Crippen LogP contribution in [-0.2, 0) is 8.98 Å². The van der Waals surface area contributed by atoms with Gasteiger partial charge in [-0.05, 0) is 43.7 Å². The highest BCUT2D eigenvalue weighted by molar-refractivity contribution is 7.95. The van der Waals surface area contributed by atoms with E-state index in [2.05, 4.69) is 6.92 Å². The topological polar surface area (TPSA) is 26.3 Å². The molecule has 1 aliphatic rings. The molecule has 0 aromatic heterocycles. The largest absolute Gasteiger partial charge is 0.386 e. The van der Waals surface area contributed by atoms with Gasteiger partial charge in [0.05, 0.1) is 27.9 Å². The molecule has 0 saturated heterocycles. The summed E-state index contributed by atoms with van der Waals surface area (Å²) in [6, 6.07) is 7.44. The molecule has 2 rings (SSSR count). The lowest BCUT2D eigenvalue weighted by atomic mass is 9.80. The van der Waals surface area contributed by atoms with Gasteiger partial charge in [0.2, 0.25) is 0 Å². The van der Waals surface area contributed by atoms with Gasteiger partial charge in [-0.3, -0.25) is 4.79 Å². The Kier molecular flexibility index (Phi) is 8.32. The van der Waals surface area contributed by atoms with Crippen LogP contribution in [0.25, 0.3) is 0 Å². The molecule has 0 bridgehead atoms. The van der Waals surface area contributed by atoms with Crippen LogP contribution in [-0.4, -0.2) is 5.97 Å². The van der Waals surface area contributed by atoms with E-state index >= 15 is 0 Å². The molecule has 1 aromatic rings. The van der Waals surface area contributed by atoms with Crippen molar-refractivity contribution in [3.63, 3.8) is 0 Å². The number of benzene rings is 1. The van der Waals surface area contributed by atoms with Gasteiger partial charge in [0, 0.05) is 0 Å². The molecule has 0 radical (unpaired) electrons. The van der Waals surface area contributed by atoms with Crippen LogP contribution < -0.4 is 0 Å². The van der Waals surface area contributed by atoms with Gasteiger partial charge in [-0.1, -0.05) is 62.8 Å². The Morgan fingerprint density at radius 2 is 1.91 bits per heavy atom. The molecule has 0 atom stereocenters. The van der Waals surface area contributed by atoms with E-state index in [-0.39, 0.29) is 11.9 Å². The van der Waals surface area contributed by atoms with Crippen LogP contribution in [0, 0.1) is 11.8 Å². The summed E-state index contributed by atoms with van der Waals surface area (Å²) in [6.07, 6.45) is 11.0. The molecular formula is C19H27ClO2S. The minimum absolute atomic E-state index is 0.0666. The number of carbonyl (C=O) groups is 1. The summed E-state index contributed by atoms with van der Waals surface area (Å²) in [4.78, 5) is 13.0. The summed E-state index contributed by atoms with van der Waals surface area (Å²) in [5, 5.41) is 0.626. The second-order valence-corrected chi connectivity index (χ2v) is 7.66. The zero-order valence-electron chi connectivity index (χ0n) is 13.9. The van der Waals surface area contributed by atoms with Crippen molar-refractivity contribution >= 4 is 29.6 Å². The summed E-state index contributed by atoms with van der Waals surface area (Å²) in [5.41, 5.74) is 0. The molecule has 1 saturated carbocycles. The van der Waals surface area contributed by atoms with Crippen molar-refractivity contribution in [2.24, 2.45) is 11.8 Å². The lowest BCUT2D eigenvalue weighted by Gasteiger charge is -2.26. The van der Waals surface area contributed by atoms with Crippen molar-refractivity contribution in [1.82, 2.24) is 0 Å². The predicted molar refractivity (Wildman–Crippen MR) is 97.6 cm³/mol. The van der Waals surface area contributed by atoms with Gasteiger partial charge in [-0.2, -0.15) is 0 Å². The number of unbranched alkanes of at least 4 members (excludes halogenated alkanes) is 3. The second kappa shape index (κ2) is 10.2. The minimum atomic E-state index is -0.0839. The van der Waals surface area contributed by atoms with E-state index in [1.165, 1.54) is 44.9 Å². The third-order valence-electron chi connectivity index (χ3n) is 4.70. The molecule has 0 heterocycles. The maximum atomic E-state index is 12.2.